The molecule has 1 aliphatic rings. The van der Waals surface area contributed by atoms with E-state index < -0.39 is 0 Å². The molecule has 0 radical (unpaired) electrons. The van der Waals surface area contributed by atoms with Crippen molar-refractivity contribution in [3.05, 3.63) is 34.9 Å². The Morgan fingerprint density at radius 3 is 2.24 bits per heavy atom. The van der Waals surface area contributed by atoms with Crippen molar-refractivity contribution in [1.29, 1.82) is 0 Å². The van der Waals surface area contributed by atoms with E-state index in [1.807, 2.05) is 37.9 Å². The van der Waals surface area contributed by atoms with Gasteiger partial charge >= 0.3 is 0 Å². The number of aryl methyl sites for hydroxylation is 2. The van der Waals surface area contributed by atoms with Gasteiger partial charge in [-0.15, -0.1) is 0 Å². The van der Waals surface area contributed by atoms with Crippen LogP contribution in [0.2, 0.25) is 0 Å². The molecule has 0 heterocycles. The molecule has 0 bridgehead atoms. The number of carbonyl (C=O) groups excluding carboxylic acids is 1. The standard InChI is InChI=1S/C15H21NO/c1-10-7-11(2)9-14(8-10)15(17)16(4)12(3)13-5-6-13/h7-9,12-13H,5-6H2,1-4H3. The van der Waals surface area contributed by atoms with E-state index in [0.29, 0.717) is 6.04 Å². The maximum atomic E-state index is 12.3. The average Bonchev–Trinajstić information content (AvgIpc) is 3.08. The van der Waals surface area contributed by atoms with E-state index >= 15 is 0 Å². The van der Waals surface area contributed by atoms with Crippen molar-refractivity contribution in [3.8, 4) is 0 Å². The topological polar surface area (TPSA) is 20.3 Å². The van der Waals surface area contributed by atoms with Gasteiger partial charge in [0.05, 0.1) is 0 Å². The maximum absolute atomic E-state index is 12.3. The predicted molar refractivity (Wildman–Crippen MR) is 70.2 cm³/mol. The van der Waals surface area contributed by atoms with Gasteiger partial charge in [-0.3, -0.25) is 4.79 Å². The second kappa shape index (κ2) is 4.52. The van der Waals surface area contributed by atoms with Crippen molar-refractivity contribution in [2.24, 2.45) is 5.92 Å². The van der Waals surface area contributed by atoms with E-state index in [0.717, 1.165) is 22.6 Å². The monoisotopic (exact) mass is 231 g/mol. The Labute approximate surface area is 104 Å². The summed E-state index contributed by atoms with van der Waals surface area (Å²) in [6.45, 7) is 6.22. The molecule has 0 saturated heterocycles. The van der Waals surface area contributed by atoms with E-state index in [9.17, 15) is 4.79 Å². The number of carbonyl (C=O) groups is 1. The normalized spacial score (nSPS) is 16.7. The summed E-state index contributed by atoms with van der Waals surface area (Å²) in [4.78, 5) is 14.2. The summed E-state index contributed by atoms with van der Waals surface area (Å²) in [5, 5.41) is 0. The molecule has 1 atom stereocenters. The van der Waals surface area contributed by atoms with Gasteiger partial charge in [0.25, 0.3) is 5.91 Å². The number of benzene rings is 1. The van der Waals surface area contributed by atoms with Crippen LogP contribution in [0.5, 0.6) is 0 Å². The molecule has 1 aliphatic carbocycles. The van der Waals surface area contributed by atoms with Gasteiger partial charge in [-0.25, -0.2) is 0 Å². The van der Waals surface area contributed by atoms with Gasteiger partial charge in [0.1, 0.15) is 0 Å². The van der Waals surface area contributed by atoms with E-state index in [1.54, 1.807) is 0 Å². The van der Waals surface area contributed by atoms with Crippen molar-refractivity contribution < 1.29 is 4.79 Å². The summed E-state index contributed by atoms with van der Waals surface area (Å²) in [7, 11) is 1.92. The van der Waals surface area contributed by atoms with Crippen LogP contribution in [0.3, 0.4) is 0 Å². The maximum Gasteiger partial charge on any atom is 0.253 e. The Kier molecular flexibility index (Phi) is 3.23. The zero-order chi connectivity index (χ0) is 12.6. The first kappa shape index (κ1) is 12.2. The molecule has 1 fully saturated rings. The Hall–Kier alpha value is -1.31. The van der Waals surface area contributed by atoms with Crippen LogP contribution in [-0.2, 0) is 0 Å². The zero-order valence-corrected chi connectivity index (χ0v) is 11.2. The van der Waals surface area contributed by atoms with Crippen LogP contribution in [0.25, 0.3) is 0 Å². The summed E-state index contributed by atoms with van der Waals surface area (Å²) in [5.41, 5.74) is 3.12. The molecule has 0 spiro atoms. The minimum Gasteiger partial charge on any atom is -0.339 e. The zero-order valence-electron chi connectivity index (χ0n) is 11.2. The van der Waals surface area contributed by atoms with Crippen LogP contribution in [-0.4, -0.2) is 23.9 Å². The van der Waals surface area contributed by atoms with Gasteiger partial charge in [-0.1, -0.05) is 17.2 Å². The molecule has 0 aliphatic heterocycles. The fourth-order valence-electron chi connectivity index (χ4n) is 2.38. The number of nitrogens with zero attached hydrogens (tertiary/aromatic N) is 1. The van der Waals surface area contributed by atoms with Crippen molar-refractivity contribution in [2.75, 3.05) is 7.05 Å². The highest BCUT2D eigenvalue weighted by Gasteiger charge is 2.32. The van der Waals surface area contributed by atoms with Gasteiger partial charge in [-0.05, 0) is 51.7 Å². The summed E-state index contributed by atoms with van der Waals surface area (Å²) in [6.07, 6.45) is 2.54. The van der Waals surface area contributed by atoms with Crippen molar-refractivity contribution in [2.45, 2.75) is 39.7 Å². The smallest absolute Gasteiger partial charge is 0.253 e. The lowest BCUT2D eigenvalue weighted by molar-refractivity contribution is 0.0727. The second-order valence-electron chi connectivity index (χ2n) is 5.37. The molecular formula is C15H21NO. The lowest BCUT2D eigenvalue weighted by Gasteiger charge is -2.25. The Morgan fingerprint density at radius 2 is 1.76 bits per heavy atom. The molecule has 1 aromatic rings. The van der Waals surface area contributed by atoms with E-state index in [1.165, 1.54) is 12.8 Å². The van der Waals surface area contributed by atoms with Crippen molar-refractivity contribution >= 4 is 5.91 Å². The number of rotatable bonds is 3. The third-order valence-electron chi connectivity index (χ3n) is 3.70. The van der Waals surface area contributed by atoms with E-state index in [2.05, 4.69) is 13.0 Å². The molecule has 92 valence electrons. The highest BCUT2D eigenvalue weighted by atomic mass is 16.2. The molecule has 2 rings (SSSR count). The highest BCUT2D eigenvalue weighted by Crippen LogP contribution is 2.35. The van der Waals surface area contributed by atoms with Gasteiger partial charge in [0.2, 0.25) is 0 Å². The fraction of sp³-hybridized carbons (Fsp3) is 0.533. The van der Waals surface area contributed by atoms with Crippen LogP contribution < -0.4 is 0 Å². The Morgan fingerprint density at radius 1 is 1.24 bits per heavy atom. The highest BCUT2D eigenvalue weighted by molar-refractivity contribution is 5.94. The van der Waals surface area contributed by atoms with Crippen LogP contribution in [0.1, 0.15) is 41.3 Å². The molecule has 1 amide bonds. The SMILES string of the molecule is Cc1cc(C)cc(C(=O)N(C)C(C)C2CC2)c1. The second-order valence-corrected chi connectivity index (χ2v) is 5.37. The van der Waals surface area contributed by atoms with Crippen molar-refractivity contribution in [3.63, 3.8) is 0 Å². The first-order valence-electron chi connectivity index (χ1n) is 6.34. The molecule has 2 heteroatoms. The Bertz CT molecular complexity index is 414. The Balaban J connectivity index is 2.17. The summed E-state index contributed by atoms with van der Waals surface area (Å²) in [6, 6.07) is 6.42. The predicted octanol–water partition coefficient (Wildman–Crippen LogP) is 3.17. The molecule has 0 aromatic heterocycles. The molecule has 0 N–H and O–H groups in total. The summed E-state index contributed by atoms with van der Waals surface area (Å²) >= 11 is 0. The van der Waals surface area contributed by atoms with Crippen LogP contribution in [0.15, 0.2) is 18.2 Å². The lowest BCUT2D eigenvalue weighted by Crippen LogP contribution is -2.36. The minimum atomic E-state index is 0.149. The third kappa shape index (κ3) is 2.68. The largest absolute Gasteiger partial charge is 0.339 e. The van der Waals surface area contributed by atoms with Gasteiger partial charge in [0, 0.05) is 18.7 Å². The van der Waals surface area contributed by atoms with Gasteiger partial charge < -0.3 is 4.90 Å². The lowest BCUT2D eigenvalue weighted by atomic mass is 10.1. The number of hydrogen-bond acceptors (Lipinski definition) is 1. The molecule has 2 nitrogen and oxygen atoms in total. The summed E-state index contributed by atoms with van der Waals surface area (Å²) in [5.74, 6) is 0.867. The minimum absolute atomic E-state index is 0.149. The quantitative estimate of drug-likeness (QED) is 0.782. The molecular weight excluding hydrogens is 210 g/mol. The van der Waals surface area contributed by atoms with E-state index in [4.69, 9.17) is 0 Å². The van der Waals surface area contributed by atoms with Crippen molar-refractivity contribution in [1.82, 2.24) is 4.90 Å². The van der Waals surface area contributed by atoms with Crippen LogP contribution >= 0.6 is 0 Å². The number of amides is 1. The first-order chi connectivity index (χ1) is 7.99. The van der Waals surface area contributed by atoms with Crippen LogP contribution in [0.4, 0.5) is 0 Å². The molecule has 1 saturated carbocycles. The number of hydrogen-bond donors (Lipinski definition) is 0. The van der Waals surface area contributed by atoms with E-state index in [-0.39, 0.29) is 5.91 Å². The first-order valence-corrected chi connectivity index (χ1v) is 6.34. The molecule has 1 aromatic carbocycles. The molecule has 1 unspecified atom stereocenters. The fourth-order valence-corrected chi connectivity index (χ4v) is 2.38. The van der Waals surface area contributed by atoms with Crippen LogP contribution in [0, 0.1) is 19.8 Å². The van der Waals surface area contributed by atoms with Gasteiger partial charge in [0.15, 0.2) is 0 Å². The molecule has 17 heavy (non-hydrogen) atoms. The van der Waals surface area contributed by atoms with Gasteiger partial charge in [-0.2, -0.15) is 0 Å². The summed E-state index contributed by atoms with van der Waals surface area (Å²) < 4.78 is 0. The third-order valence-corrected chi connectivity index (χ3v) is 3.70. The average molecular weight is 231 g/mol.